The molecule has 13 heteroatoms. The molecule has 0 spiro atoms. The Labute approximate surface area is 331 Å². The number of aliphatic hydroxyl groups is 1. The topological polar surface area (TPSA) is 152 Å². The number of nitrogens with zero attached hydrogens (tertiary/aromatic N) is 3. The number of methoxy groups -OCH3 is 1. The molecule has 1 aliphatic heterocycles. The van der Waals surface area contributed by atoms with Gasteiger partial charge in [-0.05, 0) is 61.9 Å². The zero-order valence-corrected chi connectivity index (χ0v) is 33.2. The molecule has 2 aromatic carbocycles. The van der Waals surface area contributed by atoms with Gasteiger partial charge in [-0.3, -0.25) is 24.4 Å². The smallest absolute Gasteiger partial charge is 0.332 e. The highest BCUT2D eigenvalue weighted by molar-refractivity contribution is 5.83. The number of amides is 2. The molecule has 0 radical (unpaired) electrons. The first-order valence-corrected chi connectivity index (χ1v) is 19.6. The first kappa shape index (κ1) is 42.9. The molecule has 1 saturated heterocycles. The molecule has 2 amide bonds. The van der Waals surface area contributed by atoms with E-state index >= 15 is 0 Å². The Bertz CT molecular complexity index is 1670. The molecule has 13 nitrogen and oxygen atoms in total. The molecule has 5 atom stereocenters. The molecule has 3 aromatic rings. The van der Waals surface area contributed by atoms with Crippen molar-refractivity contribution in [2.24, 2.45) is 5.92 Å². The average molecular weight is 774 g/mol. The van der Waals surface area contributed by atoms with Gasteiger partial charge in [-0.1, -0.05) is 60.7 Å². The molecule has 3 N–H and O–H groups in total. The highest BCUT2D eigenvalue weighted by Crippen LogP contribution is 2.34. The van der Waals surface area contributed by atoms with Crippen molar-refractivity contribution >= 4 is 17.8 Å². The maximum absolute atomic E-state index is 14.3. The van der Waals surface area contributed by atoms with Crippen molar-refractivity contribution in [1.82, 2.24) is 25.4 Å². The second kappa shape index (κ2) is 21.3. The van der Waals surface area contributed by atoms with Gasteiger partial charge in [0.1, 0.15) is 18.8 Å². The minimum Gasteiger partial charge on any atom is -0.458 e. The lowest BCUT2D eigenvalue weighted by atomic mass is 9.91. The fraction of sp³-hybridized carbons (Fsp3) is 0.535. The van der Waals surface area contributed by atoms with Crippen LogP contribution in [0.1, 0.15) is 55.5 Å². The van der Waals surface area contributed by atoms with Crippen LogP contribution in [0.3, 0.4) is 0 Å². The molecule has 0 unspecified atom stereocenters. The molecule has 1 aromatic heterocycles. The average Bonchev–Trinajstić information content (AvgIpc) is 3.50. The number of nitrogens with one attached hydrogen (secondary N) is 2. The number of piperazine rings is 1. The Morgan fingerprint density at radius 3 is 2.41 bits per heavy atom. The third-order valence-corrected chi connectivity index (χ3v) is 9.99. The highest BCUT2D eigenvalue weighted by Gasteiger charge is 2.39. The van der Waals surface area contributed by atoms with Crippen molar-refractivity contribution in [3.8, 4) is 0 Å². The summed E-state index contributed by atoms with van der Waals surface area (Å²) in [5.41, 5.74) is 3.49. The standard InChI is InChI=1S/C43H59N5O8/c1-43(2,3)46-42(52)37-29-47(27-32-13-10-16-44-26-32)17-18-48(37)28-35(49)24-34(23-31-11-6-5-7-12-31)41(51)45-40-36-15-9-8-14-33(36)25-38(40)56-39(50)30-55-22-21-54-20-19-53-4/h5-16,26,34-35,37-38,40,49H,17-25,27-30H2,1-4H3,(H,45,51)(H,46,52)/t34-,35+,37+,38-,40+/m1/s1. The number of aromatic nitrogens is 1. The van der Waals surface area contributed by atoms with Crippen LogP contribution in [-0.4, -0.2) is 128 Å². The number of carbonyl (C=O) groups excluding carboxylic acids is 3. The first-order chi connectivity index (χ1) is 27.0. The summed E-state index contributed by atoms with van der Waals surface area (Å²) in [5, 5.41) is 18.1. The fourth-order valence-electron chi connectivity index (χ4n) is 7.38. The maximum atomic E-state index is 14.3. The molecular formula is C43H59N5O8. The van der Waals surface area contributed by atoms with Gasteiger partial charge in [-0.15, -0.1) is 0 Å². The molecule has 5 rings (SSSR count). The van der Waals surface area contributed by atoms with Gasteiger partial charge in [-0.25, -0.2) is 4.79 Å². The Hall–Kier alpha value is -4.24. The lowest BCUT2D eigenvalue weighted by molar-refractivity contribution is -0.156. The third kappa shape index (κ3) is 13.5. The molecule has 56 heavy (non-hydrogen) atoms. The van der Waals surface area contributed by atoms with Crippen LogP contribution < -0.4 is 10.6 Å². The van der Waals surface area contributed by atoms with Crippen LogP contribution in [0, 0.1) is 5.92 Å². The number of hydrogen-bond acceptors (Lipinski definition) is 11. The van der Waals surface area contributed by atoms with E-state index in [9.17, 15) is 19.5 Å². The van der Waals surface area contributed by atoms with Gasteiger partial charge in [0.15, 0.2) is 0 Å². The Morgan fingerprint density at radius 1 is 0.929 bits per heavy atom. The van der Waals surface area contributed by atoms with E-state index in [4.69, 9.17) is 18.9 Å². The van der Waals surface area contributed by atoms with Crippen LogP contribution in [0.5, 0.6) is 0 Å². The van der Waals surface area contributed by atoms with Gasteiger partial charge >= 0.3 is 5.97 Å². The van der Waals surface area contributed by atoms with Gasteiger partial charge in [0, 0.05) is 70.1 Å². The van der Waals surface area contributed by atoms with Gasteiger partial charge in [0.05, 0.1) is 38.6 Å². The van der Waals surface area contributed by atoms with Crippen molar-refractivity contribution in [2.45, 2.75) is 76.4 Å². The van der Waals surface area contributed by atoms with Crippen LogP contribution in [0.25, 0.3) is 0 Å². The normalized spacial score (nSPS) is 19.8. The van der Waals surface area contributed by atoms with Gasteiger partial charge in [0.25, 0.3) is 0 Å². The van der Waals surface area contributed by atoms with Crippen LogP contribution in [0.15, 0.2) is 79.1 Å². The van der Waals surface area contributed by atoms with E-state index in [0.29, 0.717) is 58.8 Å². The van der Waals surface area contributed by atoms with E-state index in [2.05, 4.69) is 20.5 Å². The monoisotopic (exact) mass is 773 g/mol. The predicted octanol–water partition coefficient (Wildman–Crippen LogP) is 3.10. The molecule has 2 heterocycles. The van der Waals surface area contributed by atoms with Crippen LogP contribution in [-0.2, 0) is 52.7 Å². The second-order valence-corrected chi connectivity index (χ2v) is 15.7. The number of rotatable bonds is 20. The molecule has 0 bridgehead atoms. The number of benzene rings is 2. The van der Waals surface area contributed by atoms with Gasteiger partial charge in [-0.2, -0.15) is 0 Å². The third-order valence-electron chi connectivity index (χ3n) is 9.99. The zero-order chi connectivity index (χ0) is 39.9. The predicted molar refractivity (Wildman–Crippen MR) is 211 cm³/mol. The van der Waals surface area contributed by atoms with Crippen molar-refractivity contribution in [3.05, 3.63) is 101 Å². The van der Waals surface area contributed by atoms with Crippen LogP contribution in [0.2, 0.25) is 0 Å². The summed E-state index contributed by atoms with van der Waals surface area (Å²) in [7, 11) is 1.60. The lowest BCUT2D eigenvalue weighted by Gasteiger charge is -2.42. The highest BCUT2D eigenvalue weighted by atomic mass is 16.6. The number of hydrogen-bond donors (Lipinski definition) is 3. The molecule has 1 fully saturated rings. The quantitative estimate of drug-likeness (QED) is 0.115. The summed E-state index contributed by atoms with van der Waals surface area (Å²) in [6.07, 6.45) is 3.08. The van der Waals surface area contributed by atoms with Crippen molar-refractivity contribution in [1.29, 1.82) is 0 Å². The van der Waals surface area contributed by atoms with Crippen molar-refractivity contribution < 1.29 is 38.4 Å². The van der Waals surface area contributed by atoms with E-state index < -0.39 is 41.7 Å². The first-order valence-electron chi connectivity index (χ1n) is 19.6. The summed E-state index contributed by atoms with van der Waals surface area (Å²) >= 11 is 0. The number of aliphatic hydroxyl groups excluding tert-OH is 1. The summed E-state index contributed by atoms with van der Waals surface area (Å²) < 4.78 is 21.7. The zero-order valence-electron chi connectivity index (χ0n) is 33.2. The summed E-state index contributed by atoms with van der Waals surface area (Å²) in [5.74, 6) is -1.48. The Kier molecular flexibility index (Phi) is 16.3. The number of carbonyl (C=O) groups is 3. The van der Waals surface area contributed by atoms with E-state index in [1.54, 1.807) is 13.3 Å². The fourth-order valence-corrected chi connectivity index (χ4v) is 7.38. The van der Waals surface area contributed by atoms with Crippen molar-refractivity contribution in [3.63, 3.8) is 0 Å². The molecular weight excluding hydrogens is 714 g/mol. The van der Waals surface area contributed by atoms with E-state index in [-0.39, 0.29) is 38.0 Å². The number of fused-ring (bicyclic) bond motifs is 1. The second-order valence-electron chi connectivity index (χ2n) is 15.7. The SMILES string of the molecule is COCCOCCOCC(=O)O[C@@H]1Cc2ccccc2[C@@H]1NC(=O)[C@H](Cc1ccccc1)C[C@H](O)CN1CCN(Cc2cccnc2)C[C@H]1C(=O)NC(C)(C)C. The summed E-state index contributed by atoms with van der Waals surface area (Å²) in [4.78, 5) is 49.5. The maximum Gasteiger partial charge on any atom is 0.332 e. The van der Waals surface area contributed by atoms with Gasteiger partial charge < -0.3 is 34.7 Å². The molecule has 0 saturated carbocycles. The summed E-state index contributed by atoms with van der Waals surface area (Å²) in [6, 6.07) is 20.4. The number of pyridine rings is 1. The summed E-state index contributed by atoms with van der Waals surface area (Å²) in [6.45, 7) is 9.77. The van der Waals surface area contributed by atoms with E-state index in [1.165, 1.54) is 0 Å². The van der Waals surface area contributed by atoms with Crippen LogP contribution in [0.4, 0.5) is 0 Å². The van der Waals surface area contributed by atoms with Crippen molar-refractivity contribution in [2.75, 3.05) is 66.3 Å². The molecule has 1 aliphatic carbocycles. The Balaban J connectivity index is 1.26. The molecule has 2 aliphatic rings. The number of β-amino-alcohol motifs (C(OH)–C–C–N with tert-alkyl or cyclic N) is 1. The van der Waals surface area contributed by atoms with E-state index in [0.717, 1.165) is 22.3 Å². The minimum absolute atomic E-state index is 0.0968. The van der Waals surface area contributed by atoms with E-state index in [1.807, 2.05) is 98.6 Å². The van der Waals surface area contributed by atoms with Crippen LogP contribution >= 0.6 is 0 Å². The largest absolute Gasteiger partial charge is 0.458 e. The molecule has 304 valence electrons. The minimum atomic E-state index is -0.899. The van der Waals surface area contributed by atoms with Gasteiger partial charge in [0.2, 0.25) is 11.8 Å². The lowest BCUT2D eigenvalue weighted by Crippen LogP contribution is -2.61. The number of ether oxygens (including phenoxy) is 4. The number of esters is 1. The Morgan fingerprint density at radius 2 is 1.66 bits per heavy atom.